The van der Waals surface area contributed by atoms with Crippen LogP contribution in [0.3, 0.4) is 0 Å². The van der Waals surface area contributed by atoms with Crippen LogP contribution in [0.1, 0.15) is 45.1 Å². The van der Waals surface area contributed by atoms with Crippen LogP contribution in [0, 0.1) is 0 Å². The second-order valence-electron chi connectivity index (χ2n) is 7.95. The molecular weight excluding hydrogens is 430 g/mol. The van der Waals surface area contributed by atoms with Crippen molar-refractivity contribution in [1.82, 2.24) is 4.98 Å². The maximum absolute atomic E-state index is 13.1. The number of rotatable bonds is 6. The number of esters is 1. The number of carbonyl (C=O) groups is 2. The highest BCUT2D eigenvalue weighted by Crippen LogP contribution is 2.47. The number of aromatic nitrogens is 1. The van der Waals surface area contributed by atoms with Gasteiger partial charge in [0.05, 0.1) is 17.7 Å². The van der Waals surface area contributed by atoms with Crippen LogP contribution < -0.4 is 9.47 Å². The van der Waals surface area contributed by atoms with Crippen molar-refractivity contribution in [3.63, 3.8) is 0 Å². The van der Waals surface area contributed by atoms with Crippen LogP contribution in [-0.2, 0) is 11.4 Å². The average molecular weight is 451 g/mol. The van der Waals surface area contributed by atoms with Gasteiger partial charge in [-0.1, -0.05) is 54.6 Å². The number of carbonyl (C=O) groups excluding carboxylic acids is 2. The Morgan fingerprint density at radius 2 is 1.74 bits per heavy atom. The van der Waals surface area contributed by atoms with Gasteiger partial charge in [0.15, 0.2) is 5.78 Å². The molecule has 5 rings (SSSR count). The number of ether oxygens (including phenoxy) is 2. The van der Waals surface area contributed by atoms with Gasteiger partial charge in [0.2, 0.25) is 0 Å². The van der Waals surface area contributed by atoms with E-state index in [9.17, 15) is 14.7 Å². The van der Waals surface area contributed by atoms with E-state index in [1.165, 1.54) is 6.07 Å². The molecule has 0 saturated heterocycles. The lowest BCUT2D eigenvalue weighted by molar-refractivity contribution is -0.135. The number of phenols is 1. The fourth-order valence-corrected chi connectivity index (χ4v) is 4.18. The number of aromatic hydroxyl groups is 1. The third kappa shape index (κ3) is 4.13. The van der Waals surface area contributed by atoms with Crippen molar-refractivity contribution < 1.29 is 24.2 Å². The smallest absolute Gasteiger partial charge is 0.312 e. The summed E-state index contributed by atoms with van der Waals surface area (Å²) in [6.07, 6.45) is 1.70. The van der Waals surface area contributed by atoms with E-state index in [0.29, 0.717) is 16.9 Å². The van der Waals surface area contributed by atoms with E-state index in [2.05, 4.69) is 4.98 Å². The highest BCUT2D eigenvalue weighted by molar-refractivity contribution is 6.11. The predicted octanol–water partition coefficient (Wildman–Crippen LogP) is 5.04. The van der Waals surface area contributed by atoms with Crippen molar-refractivity contribution >= 4 is 11.8 Å². The van der Waals surface area contributed by atoms with Crippen molar-refractivity contribution in [3.8, 4) is 17.2 Å². The Balaban J connectivity index is 1.55. The normalized spacial score (nSPS) is 14.7. The maximum atomic E-state index is 13.1. The molecule has 0 saturated carbocycles. The van der Waals surface area contributed by atoms with E-state index in [0.717, 1.165) is 11.3 Å². The molecule has 6 heteroatoms. The Morgan fingerprint density at radius 1 is 0.971 bits per heavy atom. The molecule has 0 unspecified atom stereocenters. The summed E-state index contributed by atoms with van der Waals surface area (Å²) in [5.41, 5.74) is 2.49. The molecular formula is C28H21NO5. The molecule has 0 spiro atoms. The maximum Gasteiger partial charge on any atom is 0.312 e. The molecule has 0 radical (unpaired) electrons. The van der Waals surface area contributed by atoms with Gasteiger partial charge in [0.25, 0.3) is 0 Å². The molecule has 4 aromatic rings. The minimum Gasteiger partial charge on any atom is -0.507 e. The molecule has 1 N–H and O–H groups in total. The van der Waals surface area contributed by atoms with Crippen LogP contribution in [0.15, 0.2) is 91.1 Å². The number of phenolic OH excluding ortho intramolecular Hbond substituents is 1. The van der Waals surface area contributed by atoms with Gasteiger partial charge in [0, 0.05) is 28.8 Å². The van der Waals surface area contributed by atoms with E-state index in [4.69, 9.17) is 9.47 Å². The van der Waals surface area contributed by atoms with Crippen molar-refractivity contribution in [2.24, 2.45) is 0 Å². The Labute approximate surface area is 196 Å². The van der Waals surface area contributed by atoms with Gasteiger partial charge >= 0.3 is 5.97 Å². The minimum atomic E-state index is -0.542. The van der Waals surface area contributed by atoms with Gasteiger partial charge in [-0.2, -0.15) is 0 Å². The van der Waals surface area contributed by atoms with Gasteiger partial charge < -0.3 is 14.6 Å². The molecule has 1 atom stereocenters. The molecule has 0 amide bonds. The first kappa shape index (κ1) is 21.4. The van der Waals surface area contributed by atoms with Gasteiger partial charge in [-0.05, 0) is 30.3 Å². The number of para-hydroxylation sites is 1. The second-order valence-corrected chi connectivity index (χ2v) is 7.95. The third-order valence-electron chi connectivity index (χ3n) is 5.80. The number of hydrogen-bond acceptors (Lipinski definition) is 6. The van der Waals surface area contributed by atoms with Gasteiger partial charge in [0.1, 0.15) is 23.9 Å². The summed E-state index contributed by atoms with van der Waals surface area (Å²) in [6.45, 7) is 0.250. The molecule has 168 valence electrons. The van der Waals surface area contributed by atoms with E-state index in [1.54, 1.807) is 36.5 Å². The second kappa shape index (κ2) is 9.19. The first-order chi connectivity index (χ1) is 16.6. The predicted molar refractivity (Wildman–Crippen MR) is 125 cm³/mol. The Morgan fingerprint density at radius 3 is 2.53 bits per heavy atom. The fraction of sp³-hybridized carbons (Fsp3) is 0.107. The van der Waals surface area contributed by atoms with E-state index in [-0.39, 0.29) is 35.9 Å². The summed E-state index contributed by atoms with van der Waals surface area (Å²) in [7, 11) is 0. The van der Waals surface area contributed by atoms with E-state index < -0.39 is 11.9 Å². The largest absolute Gasteiger partial charge is 0.507 e. The molecule has 34 heavy (non-hydrogen) atoms. The van der Waals surface area contributed by atoms with Crippen LogP contribution in [0.25, 0.3) is 0 Å². The van der Waals surface area contributed by atoms with Gasteiger partial charge in [-0.3, -0.25) is 14.6 Å². The molecule has 1 aliphatic heterocycles. The lowest BCUT2D eigenvalue weighted by Crippen LogP contribution is -2.22. The van der Waals surface area contributed by atoms with Crippen molar-refractivity contribution in [2.75, 3.05) is 0 Å². The van der Waals surface area contributed by atoms with Gasteiger partial charge in [-0.15, -0.1) is 0 Å². The molecule has 1 aliphatic rings. The van der Waals surface area contributed by atoms with Crippen LogP contribution in [-0.4, -0.2) is 21.8 Å². The zero-order valence-corrected chi connectivity index (χ0v) is 18.2. The molecule has 0 aliphatic carbocycles. The first-order valence-corrected chi connectivity index (χ1v) is 10.9. The topological polar surface area (TPSA) is 85.7 Å². The lowest BCUT2D eigenvalue weighted by atomic mass is 9.83. The first-order valence-electron chi connectivity index (χ1n) is 10.9. The third-order valence-corrected chi connectivity index (χ3v) is 5.80. The summed E-state index contributed by atoms with van der Waals surface area (Å²) in [5.74, 6) is -0.654. The van der Waals surface area contributed by atoms with Crippen LogP contribution in [0.5, 0.6) is 17.2 Å². The quantitative estimate of drug-likeness (QED) is 0.251. The average Bonchev–Trinajstić information content (AvgIpc) is 2.88. The summed E-state index contributed by atoms with van der Waals surface area (Å²) in [4.78, 5) is 29.8. The molecule has 1 aromatic heterocycles. The number of benzene rings is 3. The molecule has 6 nitrogen and oxygen atoms in total. The SMILES string of the molecule is O=C1C[C@H](c2ccccc2OCc2ccccn2)c2c(ccc(C(=O)c3ccccc3)c2O)O1. The van der Waals surface area contributed by atoms with Crippen LogP contribution >= 0.6 is 0 Å². The standard InChI is InChI=1S/C28H21NO5/c30-25-16-22(20-11-4-5-12-23(20)33-17-19-10-6-7-15-29-19)26-24(34-25)14-13-21(28(26)32)27(31)18-8-2-1-3-9-18/h1-15,22,32H,16-17H2/t22-/m1/s1. The Hall–Kier alpha value is -4.45. The number of nitrogens with zero attached hydrogens (tertiary/aromatic N) is 1. The summed E-state index contributed by atoms with van der Waals surface area (Å²) in [6, 6.07) is 24.7. The molecule has 2 heterocycles. The van der Waals surface area contributed by atoms with Crippen LogP contribution in [0.2, 0.25) is 0 Å². The van der Waals surface area contributed by atoms with Crippen molar-refractivity contribution in [3.05, 3.63) is 119 Å². The zero-order chi connectivity index (χ0) is 23.5. The van der Waals surface area contributed by atoms with Crippen LogP contribution in [0.4, 0.5) is 0 Å². The van der Waals surface area contributed by atoms with Crippen molar-refractivity contribution in [1.29, 1.82) is 0 Å². The zero-order valence-electron chi connectivity index (χ0n) is 18.2. The van der Waals surface area contributed by atoms with E-state index >= 15 is 0 Å². The summed E-state index contributed by atoms with van der Waals surface area (Å²) in [5, 5.41) is 11.2. The summed E-state index contributed by atoms with van der Waals surface area (Å²) < 4.78 is 11.5. The number of hydrogen-bond donors (Lipinski definition) is 1. The Bertz CT molecular complexity index is 1350. The highest BCUT2D eigenvalue weighted by atomic mass is 16.5. The fourth-order valence-electron chi connectivity index (χ4n) is 4.18. The number of pyridine rings is 1. The number of fused-ring (bicyclic) bond motifs is 1. The molecule has 3 aromatic carbocycles. The lowest BCUT2D eigenvalue weighted by Gasteiger charge is -2.27. The Kier molecular flexibility index (Phi) is 5.79. The summed E-state index contributed by atoms with van der Waals surface area (Å²) >= 11 is 0. The molecule has 0 fully saturated rings. The minimum absolute atomic E-state index is 0.00744. The highest BCUT2D eigenvalue weighted by Gasteiger charge is 2.34. The molecule has 0 bridgehead atoms. The number of ketones is 1. The monoisotopic (exact) mass is 451 g/mol. The van der Waals surface area contributed by atoms with E-state index in [1.807, 2.05) is 48.5 Å². The van der Waals surface area contributed by atoms with Gasteiger partial charge in [-0.25, -0.2) is 0 Å². The van der Waals surface area contributed by atoms with Crippen molar-refractivity contribution in [2.45, 2.75) is 18.9 Å².